The molecule has 1 aromatic heterocycles. The molecule has 2 heterocycles. The summed E-state index contributed by atoms with van der Waals surface area (Å²) in [4.78, 5) is 31.3. The van der Waals surface area contributed by atoms with Crippen molar-refractivity contribution in [2.24, 2.45) is 5.92 Å². The molecule has 0 saturated heterocycles. The fraction of sp³-hybridized carbons (Fsp3) is 0.227. The standard InChI is InChI=1S/C22H21N4O5/c1-4-9-25-21(27)17-7-5-6-8-18(17)26(22(25)28)13-19-23-20(24-31-19)14-10-15(29-2)12-16(11-14)30-3/h4-8,10-12,17H,1,9,13H2,2-3H3/q+1. The zero-order valence-corrected chi connectivity index (χ0v) is 17.1. The highest BCUT2D eigenvalue weighted by Crippen LogP contribution is 2.28. The minimum Gasteiger partial charge on any atom is -0.497 e. The number of carbonyl (C=O) groups excluding carboxylic acids is 2. The number of allylic oxidation sites excluding steroid dienone is 3. The van der Waals surface area contributed by atoms with Crippen molar-refractivity contribution < 1.29 is 28.2 Å². The van der Waals surface area contributed by atoms with Gasteiger partial charge in [0.2, 0.25) is 5.82 Å². The Hall–Kier alpha value is -4.01. The number of urea groups is 1. The molecule has 3 amide bonds. The van der Waals surface area contributed by atoms with E-state index in [1.165, 1.54) is 10.7 Å². The Bertz CT molecular complexity index is 1120. The predicted octanol–water partition coefficient (Wildman–Crippen LogP) is 2.60. The summed E-state index contributed by atoms with van der Waals surface area (Å²) in [5.74, 6) is 0.897. The highest BCUT2D eigenvalue weighted by Gasteiger charge is 2.46. The van der Waals surface area contributed by atoms with E-state index < -0.39 is 11.9 Å². The highest BCUT2D eigenvalue weighted by molar-refractivity contribution is 6.16. The molecule has 2 aromatic rings. The Morgan fingerprint density at radius 2 is 1.94 bits per heavy atom. The molecule has 1 aliphatic heterocycles. The van der Waals surface area contributed by atoms with Gasteiger partial charge in [-0.1, -0.05) is 36.0 Å². The van der Waals surface area contributed by atoms with Crippen LogP contribution in [-0.4, -0.2) is 58.0 Å². The molecular weight excluding hydrogens is 400 g/mol. The van der Waals surface area contributed by atoms with E-state index in [1.807, 2.05) is 0 Å². The number of aromatic nitrogens is 2. The molecule has 2 aliphatic rings. The van der Waals surface area contributed by atoms with Crippen LogP contribution in [-0.2, 0) is 11.3 Å². The number of hydrogen-bond acceptors (Lipinski definition) is 7. The lowest BCUT2D eigenvalue weighted by molar-refractivity contribution is -0.459. The van der Waals surface area contributed by atoms with Gasteiger partial charge in [0.25, 0.3) is 5.89 Å². The number of nitrogens with zero attached hydrogens (tertiary/aromatic N) is 4. The first-order valence-corrected chi connectivity index (χ1v) is 9.57. The van der Waals surface area contributed by atoms with Crippen LogP contribution in [0.5, 0.6) is 11.5 Å². The normalized spacial score (nSPS) is 17.7. The number of imide groups is 1. The maximum Gasteiger partial charge on any atom is 0.501 e. The zero-order valence-electron chi connectivity index (χ0n) is 17.1. The van der Waals surface area contributed by atoms with Crippen LogP contribution in [0.15, 0.2) is 59.7 Å². The summed E-state index contributed by atoms with van der Waals surface area (Å²) in [6, 6.07) is 4.79. The first kappa shape index (κ1) is 20.3. The predicted molar refractivity (Wildman–Crippen MR) is 111 cm³/mol. The quantitative estimate of drug-likeness (QED) is 0.501. The molecule has 9 heteroatoms. The number of fused-ring (bicyclic) bond motifs is 1. The van der Waals surface area contributed by atoms with Gasteiger partial charge in [-0.15, -0.1) is 0 Å². The molecule has 9 nitrogen and oxygen atoms in total. The second kappa shape index (κ2) is 8.39. The van der Waals surface area contributed by atoms with Gasteiger partial charge in [-0.3, -0.25) is 0 Å². The number of methoxy groups -OCH3 is 2. The summed E-state index contributed by atoms with van der Waals surface area (Å²) >= 11 is 0. The lowest BCUT2D eigenvalue weighted by Gasteiger charge is -2.25. The van der Waals surface area contributed by atoms with Gasteiger partial charge >= 0.3 is 11.9 Å². The maximum absolute atomic E-state index is 13.0. The Labute approximate surface area is 178 Å². The van der Waals surface area contributed by atoms with Crippen LogP contribution >= 0.6 is 0 Å². The van der Waals surface area contributed by atoms with Crippen LogP contribution in [0.3, 0.4) is 0 Å². The zero-order chi connectivity index (χ0) is 22.0. The van der Waals surface area contributed by atoms with Gasteiger partial charge in [-0.25, -0.2) is 4.79 Å². The largest absolute Gasteiger partial charge is 0.501 e. The average Bonchev–Trinajstić information content (AvgIpc) is 3.28. The molecule has 158 valence electrons. The second-order valence-corrected chi connectivity index (χ2v) is 6.87. The van der Waals surface area contributed by atoms with Crippen LogP contribution < -0.4 is 9.47 Å². The minimum absolute atomic E-state index is 0.0257. The molecule has 1 aromatic carbocycles. The summed E-state index contributed by atoms with van der Waals surface area (Å²) in [7, 11) is 3.11. The van der Waals surface area contributed by atoms with Gasteiger partial charge in [0.1, 0.15) is 29.7 Å². The molecule has 4 rings (SSSR count). The summed E-state index contributed by atoms with van der Waals surface area (Å²) in [5, 5.41) is 4.03. The van der Waals surface area contributed by atoms with Crippen molar-refractivity contribution in [3.63, 3.8) is 0 Å². The van der Waals surface area contributed by atoms with Gasteiger partial charge in [0.15, 0.2) is 6.54 Å². The van der Waals surface area contributed by atoms with Crippen LogP contribution in [0, 0.1) is 5.92 Å². The Morgan fingerprint density at radius 1 is 1.19 bits per heavy atom. The van der Waals surface area contributed by atoms with Gasteiger partial charge in [0.05, 0.1) is 14.2 Å². The number of amides is 3. The van der Waals surface area contributed by atoms with Crippen LogP contribution in [0.4, 0.5) is 4.79 Å². The number of benzene rings is 1. The van der Waals surface area contributed by atoms with Crippen molar-refractivity contribution in [2.75, 3.05) is 20.8 Å². The topological polar surface area (TPSA) is 97.8 Å². The van der Waals surface area contributed by atoms with Crippen molar-refractivity contribution >= 4 is 17.6 Å². The Balaban J connectivity index is 1.68. The fourth-order valence-electron chi connectivity index (χ4n) is 3.48. The number of ether oxygens (including phenoxy) is 2. The maximum atomic E-state index is 13.0. The van der Waals surface area contributed by atoms with E-state index in [0.717, 1.165) is 4.90 Å². The summed E-state index contributed by atoms with van der Waals surface area (Å²) in [6.07, 6.45) is 8.59. The average molecular weight is 421 g/mol. The fourth-order valence-corrected chi connectivity index (χ4v) is 3.48. The third kappa shape index (κ3) is 3.77. The van der Waals surface area contributed by atoms with Crippen LogP contribution in [0.2, 0.25) is 0 Å². The lowest BCUT2D eigenvalue weighted by Crippen LogP contribution is -2.54. The Kier molecular flexibility index (Phi) is 5.48. The molecule has 1 unspecified atom stereocenters. The van der Waals surface area contributed by atoms with Crippen molar-refractivity contribution in [1.29, 1.82) is 0 Å². The van der Waals surface area contributed by atoms with Gasteiger partial charge < -0.3 is 14.0 Å². The number of rotatable bonds is 7. The van der Waals surface area contributed by atoms with E-state index in [1.54, 1.807) is 56.7 Å². The van der Waals surface area contributed by atoms with Crippen molar-refractivity contribution in [1.82, 2.24) is 15.0 Å². The third-order valence-corrected chi connectivity index (χ3v) is 4.99. The third-order valence-electron chi connectivity index (χ3n) is 4.99. The van der Waals surface area contributed by atoms with Crippen LogP contribution in [0.1, 0.15) is 5.89 Å². The second-order valence-electron chi connectivity index (χ2n) is 6.87. The molecule has 0 radical (unpaired) electrons. The highest BCUT2D eigenvalue weighted by atomic mass is 16.5. The molecule has 0 saturated carbocycles. The lowest BCUT2D eigenvalue weighted by atomic mass is 9.94. The smallest absolute Gasteiger partial charge is 0.497 e. The van der Waals surface area contributed by atoms with E-state index in [-0.39, 0.29) is 24.9 Å². The SMILES string of the molecule is C=CCN1C(=O)C2C=CC=CC2=[N+](Cc2nc(-c3cc(OC)cc(OC)c3)no2)C1=O. The first-order valence-electron chi connectivity index (χ1n) is 9.57. The molecule has 31 heavy (non-hydrogen) atoms. The van der Waals surface area contributed by atoms with E-state index in [0.29, 0.717) is 28.6 Å². The van der Waals surface area contributed by atoms with Gasteiger partial charge in [-0.2, -0.15) is 19.3 Å². The molecule has 0 spiro atoms. The van der Waals surface area contributed by atoms with E-state index >= 15 is 0 Å². The number of hydrogen-bond donors (Lipinski definition) is 0. The first-order chi connectivity index (χ1) is 15.0. The van der Waals surface area contributed by atoms with Crippen LogP contribution in [0.25, 0.3) is 11.4 Å². The molecule has 0 bridgehead atoms. The Morgan fingerprint density at radius 3 is 2.61 bits per heavy atom. The minimum atomic E-state index is -0.548. The number of carbonyl (C=O) groups is 2. The van der Waals surface area contributed by atoms with Gasteiger partial charge in [0, 0.05) is 11.6 Å². The van der Waals surface area contributed by atoms with Crippen molar-refractivity contribution in [3.8, 4) is 22.9 Å². The molecule has 0 fully saturated rings. The molecular formula is C22H21N4O5+. The molecule has 1 aliphatic carbocycles. The van der Waals surface area contributed by atoms with Crippen molar-refractivity contribution in [2.45, 2.75) is 6.54 Å². The van der Waals surface area contributed by atoms with Crippen molar-refractivity contribution in [3.05, 3.63) is 61.0 Å². The van der Waals surface area contributed by atoms with E-state index in [2.05, 4.69) is 16.7 Å². The van der Waals surface area contributed by atoms with E-state index in [4.69, 9.17) is 14.0 Å². The summed E-state index contributed by atoms with van der Waals surface area (Å²) in [6.45, 7) is 3.78. The summed E-state index contributed by atoms with van der Waals surface area (Å²) < 4.78 is 17.4. The monoisotopic (exact) mass is 421 g/mol. The molecule has 0 N–H and O–H groups in total. The van der Waals surface area contributed by atoms with E-state index in [9.17, 15) is 9.59 Å². The molecule has 1 atom stereocenters. The van der Waals surface area contributed by atoms with Gasteiger partial charge in [-0.05, 0) is 18.2 Å². The summed E-state index contributed by atoms with van der Waals surface area (Å²) in [5.41, 5.74) is 1.21.